The normalized spacial score (nSPS) is 19.8. The molecule has 19 heavy (non-hydrogen) atoms. The molecule has 1 aliphatic rings. The lowest BCUT2D eigenvalue weighted by atomic mass is 10.0. The van der Waals surface area contributed by atoms with Gasteiger partial charge in [-0.05, 0) is 17.5 Å². The van der Waals surface area contributed by atoms with Gasteiger partial charge in [0.15, 0.2) is 0 Å². The van der Waals surface area contributed by atoms with Gasteiger partial charge in [-0.2, -0.15) is 0 Å². The fraction of sp³-hybridized carbons (Fsp3) is 0.400. The highest BCUT2D eigenvalue weighted by Gasteiger charge is 2.31. The highest BCUT2D eigenvalue weighted by atomic mass is 32.2. The third-order valence-corrected chi connectivity index (χ3v) is 5.38. The minimum Gasteiger partial charge on any atom is -0.361 e. The molecular formula is C15H18N2S2. The summed E-state index contributed by atoms with van der Waals surface area (Å²) in [6.07, 6.45) is 2.12. The Bertz CT molecular complexity index is 603. The Kier molecular flexibility index (Phi) is 3.54. The summed E-state index contributed by atoms with van der Waals surface area (Å²) in [6.45, 7) is 5.47. The van der Waals surface area contributed by atoms with E-state index in [0.717, 1.165) is 16.6 Å². The van der Waals surface area contributed by atoms with Crippen molar-refractivity contribution in [3.05, 3.63) is 36.0 Å². The number of para-hydroxylation sites is 1. The van der Waals surface area contributed by atoms with Crippen molar-refractivity contribution in [1.29, 1.82) is 0 Å². The van der Waals surface area contributed by atoms with Crippen molar-refractivity contribution in [3.63, 3.8) is 0 Å². The van der Waals surface area contributed by atoms with E-state index in [1.54, 1.807) is 0 Å². The molecule has 4 heteroatoms. The van der Waals surface area contributed by atoms with Gasteiger partial charge in [0.2, 0.25) is 0 Å². The van der Waals surface area contributed by atoms with E-state index in [9.17, 15) is 0 Å². The summed E-state index contributed by atoms with van der Waals surface area (Å²) in [4.78, 5) is 5.73. The second-order valence-electron chi connectivity index (χ2n) is 5.38. The van der Waals surface area contributed by atoms with E-state index < -0.39 is 0 Å². The number of aromatic amines is 1. The molecule has 1 N–H and O–H groups in total. The Hall–Kier alpha value is -1.00. The van der Waals surface area contributed by atoms with Gasteiger partial charge in [0.1, 0.15) is 4.32 Å². The second-order valence-corrected chi connectivity index (χ2v) is 7.03. The lowest BCUT2D eigenvalue weighted by molar-refractivity contribution is 0.282. The van der Waals surface area contributed by atoms with Gasteiger partial charge >= 0.3 is 0 Å². The fourth-order valence-electron chi connectivity index (χ4n) is 2.65. The van der Waals surface area contributed by atoms with Gasteiger partial charge in [-0.1, -0.05) is 56.0 Å². The lowest BCUT2D eigenvalue weighted by Gasteiger charge is -2.28. The van der Waals surface area contributed by atoms with Crippen molar-refractivity contribution in [1.82, 2.24) is 9.88 Å². The Morgan fingerprint density at radius 2 is 2.21 bits per heavy atom. The number of benzene rings is 1. The molecule has 0 amide bonds. The molecule has 0 radical (unpaired) electrons. The number of rotatable bonds is 3. The van der Waals surface area contributed by atoms with E-state index in [4.69, 9.17) is 12.2 Å². The van der Waals surface area contributed by atoms with Crippen LogP contribution in [0.5, 0.6) is 0 Å². The summed E-state index contributed by atoms with van der Waals surface area (Å²) in [5.74, 6) is 1.76. The monoisotopic (exact) mass is 290 g/mol. The molecule has 1 aliphatic heterocycles. The molecule has 0 saturated carbocycles. The summed E-state index contributed by atoms with van der Waals surface area (Å²) in [5, 5.41) is 1.31. The van der Waals surface area contributed by atoms with Crippen LogP contribution in [0.15, 0.2) is 30.5 Å². The van der Waals surface area contributed by atoms with Crippen LogP contribution in [0.2, 0.25) is 0 Å². The van der Waals surface area contributed by atoms with Crippen molar-refractivity contribution >= 4 is 39.2 Å². The van der Waals surface area contributed by atoms with Crippen LogP contribution in [0.3, 0.4) is 0 Å². The average molecular weight is 290 g/mol. The molecule has 0 bridgehead atoms. The van der Waals surface area contributed by atoms with Gasteiger partial charge in [-0.25, -0.2) is 0 Å². The van der Waals surface area contributed by atoms with E-state index in [0.29, 0.717) is 12.0 Å². The van der Waals surface area contributed by atoms with Gasteiger partial charge in [0.25, 0.3) is 0 Å². The zero-order valence-electron chi connectivity index (χ0n) is 11.2. The SMILES string of the molecule is CC(C)C1CSC(=S)N1Cc1c[nH]c2ccccc12. The van der Waals surface area contributed by atoms with Gasteiger partial charge in [-0.15, -0.1) is 0 Å². The van der Waals surface area contributed by atoms with E-state index in [1.165, 1.54) is 16.5 Å². The number of hydrogen-bond acceptors (Lipinski definition) is 2. The van der Waals surface area contributed by atoms with Gasteiger partial charge in [0, 0.05) is 35.4 Å². The van der Waals surface area contributed by atoms with Crippen molar-refractivity contribution in [2.45, 2.75) is 26.4 Å². The molecule has 1 atom stereocenters. The number of hydrogen-bond donors (Lipinski definition) is 1. The Morgan fingerprint density at radius 3 is 3.00 bits per heavy atom. The number of nitrogens with one attached hydrogen (secondary N) is 1. The number of fused-ring (bicyclic) bond motifs is 1. The highest BCUT2D eigenvalue weighted by molar-refractivity contribution is 8.23. The maximum Gasteiger partial charge on any atom is 0.137 e. The molecule has 1 fully saturated rings. The highest BCUT2D eigenvalue weighted by Crippen LogP contribution is 2.31. The molecule has 1 unspecified atom stereocenters. The number of thiocarbonyl (C=S) groups is 1. The molecular weight excluding hydrogens is 272 g/mol. The third-order valence-electron chi connectivity index (χ3n) is 3.80. The summed E-state index contributed by atoms with van der Waals surface area (Å²) < 4.78 is 1.05. The maximum atomic E-state index is 5.51. The second kappa shape index (κ2) is 5.17. The summed E-state index contributed by atoms with van der Waals surface area (Å²) in [7, 11) is 0. The average Bonchev–Trinajstić information content (AvgIpc) is 2.96. The maximum absolute atomic E-state index is 5.51. The van der Waals surface area contributed by atoms with Crippen LogP contribution in [-0.4, -0.2) is 26.0 Å². The zero-order valence-corrected chi connectivity index (χ0v) is 12.9. The third kappa shape index (κ3) is 2.39. The quantitative estimate of drug-likeness (QED) is 0.861. The molecule has 1 aromatic carbocycles. The first-order valence-corrected chi connectivity index (χ1v) is 8.04. The minimum absolute atomic E-state index is 0.561. The van der Waals surface area contributed by atoms with Crippen molar-refractivity contribution in [2.24, 2.45) is 5.92 Å². The lowest BCUT2D eigenvalue weighted by Crippen LogP contribution is -2.36. The molecule has 3 rings (SSSR count). The molecule has 1 saturated heterocycles. The smallest absolute Gasteiger partial charge is 0.137 e. The van der Waals surface area contributed by atoms with Crippen LogP contribution in [-0.2, 0) is 6.54 Å². The summed E-state index contributed by atoms with van der Waals surface area (Å²) >= 11 is 7.33. The first kappa shape index (κ1) is 13.0. The van der Waals surface area contributed by atoms with Crippen LogP contribution in [0.4, 0.5) is 0 Å². The molecule has 100 valence electrons. The first-order chi connectivity index (χ1) is 9.16. The van der Waals surface area contributed by atoms with Gasteiger partial charge < -0.3 is 9.88 Å². The van der Waals surface area contributed by atoms with Crippen LogP contribution in [0.1, 0.15) is 19.4 Å². The van der Waals surface area contributed by atoms with Gasteiger partial charge in [-0.3, -0.25) is 0 Å². The fourth-order valence-corrected chi connectivity index (χ4v) is 4.29. The van der Waals surface area contributed by atoms with Crippen LogP contribution in [0, 0.1) is 5.92 Å². The molecule has 2 aromatic rings. The van der Waals surface area contributed by atoms with E-state index >= 15 is 0 Å². The molecule has 2 heterocycles. The standard InChI is InChI=1S/C15H18N2S2/c1-10(2)14-9-19-15(18)17(14)8-11-7-16-13-6-4-3-5-12(11)13/h3-7,10,14,16H,8-9H2,1-2H3. The van der Waals surface area contributed by atoms with Crippen LogP contribution >= 0.6 is 24.0 Å². The Morgan fingerprint density at radius 1 is 1.42 bits per heavy atom. The van der Waals surface area contributed by atoms with Crippen LogP contribution in [0.25, 0.3) is 10.9 Å². The number of H-pyrrole nitrogens is 1. The van der Waals surface area contributed by atoms with Crippen molar-refractivity contribution in [3.8, 4) is 0 Å². The minimum atomic E-state index is 0.561. The Labute approximate surface area is 123 Å². The van der Waals surface area contributed by atoms with E-state index in [2.05, 4.69) is 54.2 Å². The summed E-state index contributed by atoms with van der Waals surface area (Å²) in [5.41, 5.74) is 2.54. The number of thioether (sulfide) groups is 1. The van der Waals surface area contributed by atoms with Gasteiger partial charge in [0.05, 0.1) is 0 Å². The predicted molar refractivity (Wildman–Crippen MR) is 87.5 cm³/mol. The molecule has 0 aliphatic carbocycles. The number of nitrogens with zero attached hydrogens (tertiary/aromatic N) is 1. The predicted octanol–water partition coefficient (Wildman–Crippen LogP) is 4.03. The van der Waals surface area contributed by atoms with E-state index in [-0.39, 0.29) is 0 Å². The molecule has 2 nitrogen and oxygen atoms in total. The topological polar surface area (TPSA) is 19.0 Å². The summed E-state index contributed by atoms with van der Waals surface area (Å²) in [6, 6.07) is 9.02. The molecule has 0 spiro atoms. The van der Waals surface area contributed by atoms with Crippen LogP contribution < -0.4 is 0 Å². The number of aromatic nitrogens is 1. The largest absolute Gasteiger partial charge is 0.361 e. The van der Waals surface area contributed by atoms with Crippen molar-refractivity contribution < 1.29 is 0 Å². The van der Waals surface area contributed by atoms with Crippen molar-refractivity contribution in [2.75, 3.05) is 5.75 Å². The Balaban J connectivity index is 1.89. The zero-order chi connectivity index (χ0) is 13.4. The van der Waals surface area contributed by atoms with E-state index in [1.807, 2.05) is 11.8 Å². The molecule has 1 aromatic heterocycles. The first-order valence-electron chi connectivity index (χ1n) is 6.65.